The molecule has 2 nitrogen and oxygen atoms in total. The van der Waals surface area contributed by atoms with Crippen LogP contribution in [0.1, 0.15) is 13.8 Å². The molecule has 0 aliphatic heterocycles. The van der Waals surface area contributed by atoms with Gasteiger partial charge in [0.2, 0.25) is 0 Å². The van der Waals surface area contributed by atoms with Crippen LogP contribution in [0.2, 0.25) is 0 Å². The molecule has 0 unspecified atom stereocenters. The Kier molecular flexibility index (Phi) is 5.85. The summed E-state index contributed by atoms with van der Waals surface area (Å²) in [6, 6.07) is 0. The van der Waals surface area contributed by atoms with Crippen molar-refractivity contribution >= 4 is 0 Å². The van der Waals surface area contributed by atoms with Crippen LogP contribution in [0.25, 0.3) is 0 Å². The highest BCUT2D eigenvalue weighted by Gasteiger charge is 1.76. The molecule has 0 aromatic rings. The molecule has 1 radical (unpaired) electrons. The summed E-state index contributed by atoms with van der Waals surface area (Å²) < 4.78 is 4.84. The Balaban J connectivity index is 2.45. The van der Waals surface area contributed by atoms with Crippen LogP contribution in [-0.2, 0) is 4.74 Å². The van der Waals surface area contributed by atoms with E-state index >= 15 is 0 Å². The van der Waals surface area contributed by atoms with Gasteiger partial charge in [-0.2, -0.15) is 0 Å². The van der Waals surface area contributed by atoms with E-state index in [4.69, 9.17) is 4.74 Å². The minimum atomic E-state index is 0.743. The summed E-state index contributed by atoms with van der Waals surface area (Å²) in [4.78, 5) is 0. The first-order valence-corrected chi connectivity index (χ1v) is 2.58. The minimum Gasteiger partial charge on any atom is -0.359 e. The third-order valence-electron chi connectivity index (χ3n) is 0.537. The lowest BCUT2D eigenvalue weighted by Gasteiger charge is -1.96. The van der Waals surface area contributed by atoms with Gasteiger partial charge in [0, 0.05) is 6.61 Å². The summed E-state index contributed by atoms with van der Waals surface area (Å²) in [5, 5.41) is 2.90. The molecule has 0 heterocycles. The highest BCUT2D eigenvalue weighted by Crippen LogP contribution is 1.71. The van der Waals surface area contributed by atoms with Gasteiger partial charge in [0.1, 0.15) is 6.73 Å². The van der Waals surface area contributed by atoms with Gasteiger partial charge in [0.05, 0.1) is 0 Å². The van der Waals surface area contributed by atoms with E-state index in [1.54, 1.807) is 6.73 Å². The van der Waals surface area contributed by atoms with Gasteiger partial charge in [0.25, 0.3) is 0 Å². The van der Waals surface area contributed by atoms with Gasteiger partial charge in [-0.15, -0.1) is 0 Å². The first-order chi connectivity index (χ1) is 3.41. The lowest BCUT2D eigenvalue weighted by atomic mass is 10.8. The van der Waals surface area contributed by atoms with Gasteiger partial charge in [-0.3, -0.25) is 5.32 Å². The maximum atomic E-state index is 4.84. The Morgan fingerprint density at radius 2 is 2.29 bits per heavy atom. The van der Waals surface area contributed by atoms with E-state index in [-0.39, 0.29) is 0 Å². The van der Waals surface area contributed by atoms with Gasteiger partial charge < -0.3 is 4.74 Å². The summed E-state index contributed by atoms with van der Waals surface area (Å²) in [6.45, 7) is 7.26. The zero-order valence-electron chi connectivity index (χ0n) is 4.90. The topological polar surface area (TPSA) is 21.3 Å². The maximum absolute atomic E-state index is 4.84. The predicted molar refractivity (Wildman–Crippen MR) is 29.6 cm³/mol. The molecule has 0 aliphatic rings. The van der Waals surface area contributed by atoms with Crippen molar-refractivity contribution in [2.45, 2.75) is 13.8 Å². The molecule has 0 spiro atoms. The molecule has 0 saturated heterocycles. The minimum absolute atomic E-state index is 0.743. The molecular weight excluding hydrogens is 90.1 g/mol. The molecular formula is C5H12NO. The van der Waals surface area contributed by atoms with Gasteiger partial charge in [0.15, 0.2) is 0 Å². The molecule has 0 bridgehead atoms. The molecule has 0 atom stereocenters. The zero-order valence-corrected chi connectivity index (χ0v) is 4.90. The van der Waals surface area contributed by atoms with Crippen molar-refractivity contribution in [3.63, 3.8) is 0 Å². The van der Waals surface area contributed by atoms with Crippen LogP contribution in [-0.4, -0.2) is 13.2 Å². The first kappa shape index (κ1) is 6.92. The van der Waals surface area contributed by atoms with E-state index < -0.39 is 0 Å². The van der Waals surface area contributed by atoms with E-state index in [1.807, 2.05) is 13.8 Å². The molecule has 0 aliphatic carbocycles. The normalized spacial score (nSPS) is 9.43. The smallest absolute Gasteiger partial charge is 0.148 e. The Hall–Kier alpha value is -0.0800. The molecule has 1 N–H and O–H groups in total. The average Bonchev–Trinajstić information content (AvgIpc) is 1.69. The molecule has 0 rings (SSSR count). The van der Waals surface area contributed by atoms with Gasteiger partial charge >= 0.3 is 0 Å². The Bertz CT molecular complexity index is 27.3. The summed E-state index contributed by atoms with van der Waals surface area (Å²) >= 11 is 0. The SMILES string of the molecule is CCN[CH]OCC. The van der Waals surface area contributed by atoms with Crippen molar-refractivity contribution in [2.75, 3.05) is 13.2 Å². The largest absolute Gasteiger partial charge is 0.359 e. The van der Waals surface area contributed by atoms with Crippen molar-refractivity contribution in [1.29, 1.82) is 0 Å². The van der Waals surface area contributed by atoms with Gasteiger partial charge in [-0.25, -0.2) is 0 Å². The van der Waals surface area contributed by atoms with Crippen LogP contribution in [0.15, 0.2) is 0 Å². The second-order valence-electron chi connectivity index (χ2n) is 1.13. The standard InChI is InChI=1S/C5H12NO/c1-3-6-5-7-4-2/h5-6H,3-4H2,1-2H3. The molecule has 0 saturated carbocycles. The summed E-state index contributed by atoms with van der Waals surface area (Å²) in [7, 11) is 0. The van der Waals surface area contributed by atoms with Gasteiger partial charge in [-0.05, 0) is 13.5 Å². The van der Waals surface area contributed by atoms with E-state index in [9.17, 15) is 0 Å². The fourth-order valence-corrected chi connectivity index (χ4v) is 0.226. The van der Waals surface area contributed by atoms with E-state index in [0.717, 1.165) is 13.2 Å². The molecule has 0 aromatic heterocycles. The third-order valence-corrected chi connectivity index (χ3v) is 0.537. The van der Waals surface area contributed by atoms with Crippen molar-refractivity contribution in [2.24, 2.45) is 0 Å². The van der Waals surface area contributed by atoms with Crippen LogP contribution < -0.4 is 5.32 Å². The van der Waals surface area contributed by atoms with Crippen LogP contribution in [0.5, 0.6) is 0 Å². The maximum Gasteiger partial charge on any atom is 0.148 e. The number of ether oxygens (including phenoxy) is 1. The van der Waals surface area contributed by atoms with E-state index in [2.05, 4.69) is 5.32 Å². The Morgan fingerprint density at radius 1 is 1.57 bits per heavy atom. The average molecular weight is 102 g/mol. The summed E-state index contributed by atoms with van der Waals surface area (Å²) in [5.41, 5.74) is 0. The molecule has 0 amide bonds. The Labute approximate surface area is 44.9 Å². The fraction of sp³-hybridized carbons (Fsp3) is 0.800. The highest BCUT2D eigenvalue weighted by atomic mass is 16.5. The summed E-state index contributed by atoms with van der Waals surface area (Å²) in [5.74, 6) is 0. The number of hydrogen-bond donors (Lipinski definition) is 1. The third kappa shape index (κ3) is 5.92. The van der Waals surface area contributed by atoms with Crippen LogP contribution in [0.4, 0.5) is 0 Å². The van der Waals surface area contributed by atoms with Crippen molar-refractivity contribution < 1.29 is 4.74 Å². The highest BCUT2D eigenvalue weighted by molar-refractivity contribution is 4.41. The molecule has 0 aromatic carbocycles. The second kappa shape index (κ2) is 5.92. The van der Waals surface area contributed by atoms with Crippen LogP contribution >= 0.6 is 0 Å². The van der Waals surface area contributed by atoms with Gasteiger partial charge in [-0.1, -0.05) is 6.92 Å². The molecule has 43 valence electrons. The first-order valence-electron chi connectivity index (χ1n) is 2.58. The predicted octanol–water partition coefficient (Wildman–Crippen LogP) is 0.752. The summed E-state index contributed by atoms with van der Waals surface area (Å²) in [6.07, 6.45) is 0. The quantitative estimate of drug-likeness (QED) is 0.529. The van der Waals surface area contributed by atoms with Crippen molar-refractivity contribution in [3.05, 3.63) is 6.73 Å². The van der Waals surface area contributed by atoms with Crippen LogP contribution in [0.3, 0.4) is 0 Å². The van der Waals surface area contributed by atoms with Crippen LogP contribution in [0, 0.1) is 6.73 Å². The molecule has 2 heteroatoms. The molecule has 0 fully saturated rings. The van der Waals surface area contributed by atoms with Crippen molar-refractivity contribution in [3.8, 4) is 0 Å². The number of nitrogens with one attached hydrogen (secondary N) is 1. The fourth-order valence-electron chi connectivity index (χ4n) is 0.226. The monoisotopic (exact) mass is 102 g/mol. The van der Waals surface area contributed by atoms with Crippen molar-refractivity contribution in [1.82, 2.24) is 5.32 Å². The molecule has 7 heavy (non-hydrogen) atoms. The number of rotatable bonds is 4. The zero-order chi connectivity index (χ0) is 5.54. The van der Waals surface area contributed by atoms with E-state index in [1.165, 1.54) is 0 Å². The lowest BCUT2D eigenvalue weighted by molar-refractivity contribution is 0.196. The number of hydrogen-bond acceptors (Lipinski definition) is 2. The lowest BCUT2D eigenvalue weighted by Crippen LogP contribution is -2.10. The Morgan fingerprint density at radius 3 is 2.71 bits per heavy atom. The second-order valence-corrected chi connectivity index (χ2v) is 1.13. The van der Waals surface area contributed by atoms with E-state index in [0.29, 0.717) is 0 Å².